The maximum atomic E-state index is 12.7. The first-order chi connectivity index (χ1) is 4.76. The van der Waals surface area contributed by atoms with E-state index in [1.165, 1.54) is 13.8 Å². The zero-order valence-corrected chi connectivity index (χ0v) is 6.74. The molecule has 11 heavy (non-hydrogen) atoms. The number of hydrogen-bond acceptors (Lipinski definition) is 0. The van der Waals surface area contributed by atoms with Crippen LogP contribution in [-0.2, 0) is 0 Å². The fraction of sp³-hybridized carbons (Fsp3) is 1.00. The summed E-state index contributed by atoms with van der Waals surface area (Å²) >= 11 is 0. The molecule has 0 heterocycles. The smallest absolute Gasteiger partial charge is 0.247 e. The highest BCUT2D eigenvalue weighted by molar-refractivity contribution is 4.73. The van der Waals surface area contributed by atoms with E-state index in [1.807, 2.05) is 0 Å². The van der Waals surface area contributed by atoms with Crippen molar-refractivity contribution in [2.75, 3.05) is 0 Å². The first-order valence-electron chi connectivity index (χ1n) is 3.47. The Morgan fingerprint density at radius 1 is 1.00 bits per heavy atom. The van der Waals surface area contributed by atoms with E-state index in [4.69, 9.17) is 0 Å². The summed E-state index contributed by atoms with van der Waals surface area (Å²) in [6, 6.07) is 0. The average molecular weight is 172 g/mol. The molecular formula is C7H12F4. The summed E-state index contributed by atoms with van der Waals surface area (Å²) in [6.07, 6.45) is -6.21. The highest BCUT2D eigenvalue weighted by atomic mass is 19.4. The predicted molar refractivity (Wildman–Crippen MR) is 35.0 cm³/mol. The van der Waals surface area contributed by atoms with E-state index in [1.54, 1.807) is 0 Å². The monoisotopic (exact) mass is 172 g/mol. The molecule has 0 aliphatic rings. The molecule has 0 amide bonds. The fourth-order valence-electron chi connectivity index (χ4n) is 0.758. The van der Waals surface area contributed by atoms with Gasteiger partial charge < -0.3 is 0 Å². The third kappa shape index (κ3) is 3.08. The van der Waals surface area contributed by atoms with E-state index in [0.29, 0.717) is 0 Å². The van der Waals surface area contributed by atoms with Crippen LogP contribution < -0.4 is 0 Å². The average Bonchev–Trinajstić information content (AvgIpc) is 1.82. The predicted octanol–water partition coefficient (Wildman–Crippen LogP) is 3.18. The summed E-state index contributed by atoms with van der Waals surface area (Å²) < 4.78 is 48.2. The summed E-state index contributed by atoms with van der Waals surface area (Å²) in [5.41, 5.74) is 0. The Kier molecular flexibility index (Phi) is 3.32. The van der Waals surface area contributed by atoms with Crippen LogP contribution in [0.5, 0.6) is 0 Å². The Bertz CT molecular complexity index is 116. The Morgan fingerprint density at radius 2 is 1.36 bits per heavy atom. The standard InChI is InChI=1S/C7H12F4/c1-4(2)6(8)5(3)7(9,10)11/h4-6H,1-3H3/t5-,6-/m1/s1. The van der Waals surface area contributed by atoms with Gasteiger partial charge in [-0.25, -0.2) is 4.39 Å². The minimum Gasteiger partial charge on any atom is -0.247 e. The van der Waals surface area contributed by atoms with E-state index < -0.39 is 24.2 Å². The lowest BCUT2D eigenvalue weighted by Gasteiger charge is -2.22. The Hall–Kier alpha value is -0.280. The van der Waals surface area contributed by atoms with Gasteiger partial charge in [0, 0.05) is 0 Å². The lowest BCUT2D eigenvalue weighted by atomic mass is 9.96. The molecule has 0 saturated heterocycles. The van der Waals surface area contributed by atoms with Crippen molar-refractivity contribution in [3.8, 4) is 0 Å². The van der Waals surface area contributed by atoms with Gasteiger partial charge >= 0.3 is 6.18 Å². The molecule has 0 aliphatic carbocycles. The van der Waals surface area contributed by atoms with Gasteiger partial charge in [0.15, 0.2) is 0 Å². The zero-order valence-electron chi connectivity index (χ0n) is 6.74. The molecule has 0 aromatic carbocycles. The Morgan fingerprint density at radius 3 is 1.45 bits per heavy atom. The topological polar surface area (TPSA) is 0 Å². The lowest BCUT2D eigenvalue weighted by molar-refractivity contribution is -0.189. The van der Waals surface area contributed by atoms with Crippen molar-refractivity contribution >= 4 is 0 Å². The molecule has 0 fully saturated rings. The quantitative estimate of drug-likeness (QED) is 0.561. The second-order valence-corrected chi connectivity index (χ2v) is 3.02. The summed E-state index contributed by atoms with van der Waals surface area (Å²) in [5.74, 6) is -2.44. The molecule has 0 nitrogen and oxygen atoms in total. The maximum Gasteiger partial charge on any atom is 0.394 e. The minimum absolute atomic E-state index is 0.577. The number of alkyl halides is 4. The highest BCUT2D eigenvalue weighted by Crippen LogP contribution is 2.32. The van der Waals surface area contributed by atoms with Crippen molar-refractivity contribution in [3.63, 3.8) is 0 Å². The molecule has 2 atom stereocenters. The molecule has 4 heteroatoms. The Balaban J connectivity index is 4.13. The van der Waals surface area contributed by atoms with Crippen LogP contribution in [0.1, 0.15) is 20.8 Å². The fourth-order valence-corrected chi connectivity index (χ4v) is 0.758. The molecule has 0 aliphatic heterocycles. The molecular weight excluding hydrogens is 160 g/mol. The Labute approximate surface area is 63.6 Å². The largest absolute Gasteiger partial charge is 0.394 e. The van der Waals surface area contributed by atoms with E-state index in [-0.39, 0.29) is 0 Å². The summed E-state index contributed by atoms with van der Waals surface area (Å²) in [5, 5.41) is 0. The number of hydrogen-bond donors (Lipinski definition) is 0. The van der Waals surface area contributed by atoms with Crippen molar-refractivity contribution in [1.82, 2.24) is 0 Å². The SMILES string of the molecule is CC(C)[C@@H](F)[C@@H](C)C(F)(F)F. The van der Waals surface area contributed by atoms with Gasteiger partial charge in [-0.15, -0.1) is 0 Å². The first kappa shape index (κ1) is 10.7. The van der Waals surface area contributed by atoms with Crippen molar-refractivity contribution in [3.05, 3.63) is 0 Å². The van der Waals surface area contributed by atoms with Crippen LogP contribution in [0.2, 0.25) is 0 Å². The van der Waals surface area contributed by atoms with Gasteiger partial charge in [0.2, 0.25) is 0 Å². The van der Waals surface area contributed by atoms with Gasteiger partial charge in [-0.2, -0.15) is 13.2 Å². The lowest BCUT2D eigenvalue weighted by Crippen LogP contribution is -2.32. The molecule has 0 saturated carbocycles. The van der Waals surface area contributed by atoms with Crippen molar-refractivity contribution in [1.29, 1.82) is 0 Å². The molecule has 68 valence electrons. The van der Waals surface area contributed by atoms with E-state index in [2.05, 4.69) is 0 Å². The van der Waals surface area contributed by atoms with Crippen LogP contribution >= 0.6 is 0 Å². The van der Waals surface area contributed by atoms with Crippen LogP contribution in [-0.4, -0.2) is 12.3 Å². The molecule has 0 unspecified atom stereocenters. The van der Waals surface area contributed by atoms with Gasteiger partial charge in [0.1, 0.15) is 6.17 Å². The first-order valence-corrected chi connectivity index (χ1v) is 3.47. The number of rotatable bonds is 2. The molecule has 0 radical (unpaired) electrons. The van der Waals surface area contributed by atoms with Crippen LogP contribution in [0.15, 0.2) is 0 Å². The van der Waals surface area contributed by atoms with Crippen LogP contribution in [0, 0.1) is 11.8 Å². The van der Waals surface area contributed by atoms with Gasteiger partial charge in [-0.1, -0.05) is 20.8 Å². The van der Waals surface area contributed by atoms with Gasteiger partial charge in [-0.05, 0) is 5.92 Å². The van der Waals surface area contributed by atoms with Gasteiger partial charge in [-0.3, -0.25) is 0 Å². The summed E-state index contributed by atoms with van der Waals surface area (Å²) in [7, 11) is 0. The summed E-state index contributed by atoms with van der Waals surface area (Å²) in [4.78, 5) is 0. The van der Waals surface area contributed by atoms with Crippen LogP contribution in [0.25, 0.3) is 0 Å². The zero-order chi connectivity index (χ0) is 9.23. The van der Waals surface area contributed by atoms with E-state index in [0.717, 1.165) is 6.92 Å². The molecule has 0 aromatic rings. The third-order valence-corrected chi connectivity index (χ3v) is 1.63. The maximum absolute atomic E-state index is 12.7. The second-order valence-electron chi connectivity index (χ2n) is 3.02. The van der Waals surface area contributed by atoms with Gasteiger partial charge in [0.25, 0.3) is 0 Å². The highest BCUT2D eigenvalue weighted by Gasteiger charge is 2.42. The normalized spacial score (nSPS) is 18.5. The second kappa shape index (κ2) is 3.41. The van der Waals surface area contributed by atoms with E-state index in [9.17, 15) is 17.6 Å². The van der Waals surface area contributed by atoms with Crippen molar-refractivity contribution < 1.29 is 17.6 Å². The van der Waals surface area contributed by atoms with Crippen LogP contribution in [0.4, 0.5) is 17.6 Å². The molecule has 0 spiro atoms. The van der Waals surface area contributed by atoms with Crippen LogP contribution in [0.3, 0.4) is 0 Å². The summed E-state index contributed by atoms with van der Waals surface area (Å²) in [6.45, 7) is 3.74. The van der Waals surface area contributed by atoms with E-state index >= 15 is 0 Å². The molecule has 0 bridgehead atoms. The third-order valence-electron chi connectivity index (χ3n) is 1.63. The molecule has 0 aromatic heterocycles. The minimum atomic E-state index is -4.41. The molecule has 0 N–H and O–H groups in total. The van der Waals surface area contributed by atoms with Crippen molar-refractivity contribution in [2.24, 2.45) is 11.8 Å². The van der Waals surface area contributed by atoms with Gasteiger partial charge in [0.05, 0.1) is 5.92 Å². The molecule has 0 rings (SSSR count). The number of halogens is 4. The van der Waals surface area contributed by atoms with Crippen molar-refractivity contribution in [2.45, 2.75) is 33.1 Å².